The Hall–Kier alpha value is -12.7. The quantitative estimate of drug-likeness (QED) is 0.140. The molecule has 16 heteroatoms. The number of hydrogen-bond acceptors (Lipinski definition) is 8. The molecule has 12 rings (SSSR count). The molecule has 0 aliphatic carbocycles. The van der Waals surface area contributed by atoms with Gasteiger partial charge < -0.3 is 9.13 Å². The lowest BCUT2D eigenvalue weighted by molar-refractivity contribution is -0.138. The summed E-state index contributed by atoms with van der Waals surface area (Å²) in [6, 6.07) is 61.3. The molecule has 0 saturated carbocycles. The van der Waals surface area contributed by atoms with E-state index >= 15 is 26.3 Å². The Kier molecular flexibility index (Phi) is 13.0. The third-order valence-electron chi connectivity index (χ3n) is 15.0. The Balaban J connectivity index is 1.10. The number of nitriles is 8. The molecule has 0 radical (unpaired) electrons. The summed E-state index contributed by atoms with van der Waals surface area (Å²) in [6.07, 6.45) is -9.98. The first-order valence-electron chi connectivity index (χ1n) is 25.9. The molecule has 2 heterocycles. The molecule has 0 saturated heterocycles. The highest BCUT2D eigenvalue weighted by atomic mass is 19.4. The van der Waals surface area contributed by atoms with E-state index in [1.54, 1.807) is 121 Å². The number of rotatable bonds is 7. The zero-order valence-corrected chi connectivity index (χ0v) is 44.1. The molecule has 2 aromatic heterocycles. The first-order valence-corrected chi connectivity index (χ1v) is 25.9. The smallest absolute Gasteiger partial charge is 0.309 e. The second-order valence-corrected chi connectivity index (χ2v) is 20.1. The number of hydrogen-bond donors (Lipinski definition) is 0. The molecule has 12 aromatic rings. The minimum absolute atomic E-state index is 0.0996. The molecular formula is C70H30F6N10. The van der Waals surface area contributed by atoms with Gasteiger partial charge in [-0.25, -0.2) is 0 Å². The molecule has 0 unspecified atom stereocenters. The molecule has 0 aliphatic heterocycles. The van der Waals surface area contributed by atoms with E-state index in [4.69, 9.17) is 0 Å². The summed E-state index contributed by atoms with van der Waals surface area (Å²) in [5.41, 5.74) is 3.82. The molecular weight excluding hydrogens is 1090 g/mol. The van der Waals surface area contributed by atoms with Crippen LogP contribution in [0.1, 0.15) is 55.6 Å². The average Bonchev–Trinajstić information content (AvgIpc) is 1.64. The topological polar surface area (TPSA) is 200 Å². The van der Waals surface area contributed by atoms with Gasteiger partial charge in [-0.1, -0.05) is 36.4 Å². The molecule has 10 nitrogen and oxygen atoms in total. The molecule has 0 bridgehead atoms. The minimum atomic E-state index is -4.99. The first kappa shape index (κ1) is 53.9. The summed E-state index contributed by atoms with van der Waals surface area (Å²) >= 11 is 0. The normalized spacial score (nSPS) is 11.3. The standard InChI is InChI=1S/C70H30F6N10/c71-69(72,73)61-7-1-51(29-67(61)85-63-9-3-47(53-17-39(31-77)13-40(18-53)32-78)25-57(63)58-26-48(4-10-64(58)85)54-19-41(33-79)14-42(20-54)34-80)52-2-8-62(70(74,75)76)68(30-52)86-65-11-5-49(55-21-43(35-81)15-44(22-55)36-82)27-59(65)60-28-50(6-12-66(60)86)56-23-45(37-83)16-46(24-56)38-84/h1-30H. The van der Waals surface area contributed by atoms with Crippen LogP contribution in [-0.4, -0.2) is 9.13 Å². The Bertz CT molecular complexity index is 4610. The average molecular weight is 1130 g/mol. The Morgan fingerprint density at radius 2 is 0.430 bits per heavy atom. The highest BCUT2D eigenvalue weighted by Gasteiger charge is 2.37. The largest absolute Gasteiger partial charge is 0.418 e. The summed E-state index contributed by atoms with van der Waals surface area (Å²) < 4.78 is 96.9. The number of aromatic nitrogens is 2. The lowest BCUT2D eigenvalue weighted by atomic mass is 9.97. The lowest BCUT2D eigenvalue weighted by Gasteiger charge is -2.20. The van der Waals surface area contributed by atoms with Gasteiger partial charge >= 0.3 is 12.4 Å². The molecule has 0 atom stereocenters. The third-order valence-corrected chi connectivity index (χ3v) is 15.0. The van der Waals surface area contributed by atoms with Gasteiger partial charge in [-0.15, -0.1) is 0 Å². The van der Waals surface area contributed by atoms with E-state index in [1.807, 2.05) is 0 Å². The van der Waals surface area contributed by atoms with E-state index in [0.717, 1.165) is 12.1 Å². The van der Waals surface area contributed by atoms with Gasteiger partial charge in [0.05, 0.1) is 138 Å². The van der Waals surface area contributed by atoms with E-state index in [1.165, 1.54) is 57.7 Å². The van der Waals surface area contributed by atoms with Crippen molar-refractivity contribution in [3.8, 4) is 116 Å². The number of halogens is 6. The summed E-state index contributed by atoms with van der Waals surface area (Å²) in [5.74, 6) is 0. The van der Waals surface area contributed by atoms with Crippen LogP contribution >= 0.6 is 0 Å². The summed E-state index contributed by atoms with van der Waals surface area (Å²) in [7, 11) is 0. The highest BCUT2D eigenvalue weighted by Crippen LogP contribution is 2.46. The second-order valence-electron chi connectivity index (χ2n) is 20.1. The van der Waals surface area contributed by atoms with Crippen LogP contribution < -0.4 is 0 Å². The van der Waals surface area contributed by atoms with Crippen molar-refractivity contribution in [2.75, 3.05) is 0 Å². The molecule has 0 amide bonds. The van der Waals surface area contributed by atoms with Crippen molar-refractivity contribution in [3.05, 3.63) is 238 Å². The monoisotopic (exact) mass is 1120 g/mol. The van der Waals surface area contributed by atoms with Gasteiger partial charge in [-0.05, 0) is 201 Å². The second kappa shape index (κ2) is 20.7. The van der Waals surface area contributed by atoms with Crippen molar-refractivity contribution in [2.45, 2.75) is 12.4 Å². The fourth-order valence-electron chi connectivity index (χ4n) is 11.2. The van der Waals surface area contributed by atoms with Gasteiger partial charge in [0.2, 0.25) is 0 Å². The predicted octanol–water partition coefficient (Wildman–Crippen LogP) is 17.2. The lowest BCUT2D eigenvalue weighted by Crippen LogP contribution is -2.12. The molecule has 10 aromatic carbocycles. The Morgan fingerprint density at radius 1 is 0.233 bits per heavy atom. The van der Waals surface area contributed by atoms with Crippen molar-refractivity contribution in [1.29, 1.82) is 42.1 Å². The SMILES string of the molecule is N#Cc1cc(C#N)cc(-c2ccc3c(c2)c2cc(-c4cc(C#N)cc(C#N)c4)ccc2n3-c2cc(-c3ccc(C(F)(F)F)c(-n4c5ccc(-c6cc(C#N)cc(C#N)c6)cc5c5cc(-c6cc(C#N)cc(C#N)c6)ccc54)c3)ccc2C(F)(F)F)c1. The van der Waals surface area contributed by atoms with Crippen LogP contribution in [0.2, 0.25) is 0 Å². The van der Waals surface area contributed by atoms with E-state index in [-0.39, 0.29) is 89.1 Å². The maximum atomic E-state index is 15.7. The number of nitrogens with zero attached hydrogens (tertiary/aromatic N) is 10. The fraction of sp³-hybridized carbons (Fsp3) is 0.0286. The van der Waals surface area contributed by atoms with Crippen LogP contribution in [0, 0.1) is 90.6 Å². The summed E-state index contributed by atoms with van der Waals surface area (Å²) in [4.78, 5) is 0. The summed E-state index contributed by atoms with van der Waals surface area (Å²) in [5, 5.41) is 80.5. The zero-order chi connectivity index (χ0) is 60.3. The van der Waals surface area contributed by atoms with Gasteiger partial charge in [0.15, 0.2) is 0 Å². The van der Waals surface area contributed by atoms with Crippen LogP contribution in [0.5, 0.6) is 0 Å². The van der Waals surface area contributed by atoms with Gasteiger partial charge in [0.25, 0.3) is 0 Å². The highest BCUT2D eigenvalue weighted by molar-refractivity contribution is 6.13. The molecule has 0 aliphatic rings. The van der Waals surface area contributed by atoms with Gasteiger partial charge in [0.1, 0.15) is 0 Å². The maximum Gasteiger partial charge on any atom is 0.418 e. The van der Waals surface area contributed by atoms with Crippen LogP contribution in [0.4, 0.5) is 26.3 Å². The van der Waals surface area contributed by atoms with Gasteiger partial charge in [0, 0.05) is 21.5 Å². The first-order chi connectivity index (χ1) is 41.4. The van der Waals surface area contributed by atoms with E-state index in [9.17, 15) is 42.1 Å². The number of benzene rings is 10. The van der Waals surface area contributed by atoms with E-state index in [2.05, 4.69) is 48.6 Å². The Morgan fingerprint density at radius 3 is 0.628 bits per heavy atom. The maximum absolute atomic E-state index is 15.7. The van der Waals surface area contributed by atoms with Gasteiger partial charge in [-0.3, -0.25) is 0 Å². The van der Waals surface area contributed by atoms with Crippen molar-refractivity contribution in [3.63, 3.8) is 0 Å². The third kappa shape index (κ3) is 9.43. The summed E-state index contributed by atoms with van der Waals surface area (Å²) in [6.45, 7) is 0. The van der Waals surface area contributed by atoms with Crippen molar-refractivity contribution in [1.82, 2.24) is 9.13 Å². The Labute approximate surface area is 484 Å². The molecule has 86 heavy (non-hydrogen) atoms. The van der Waals surface area contributed by atoms with Crippen LogP contribution in [-0.2, 0) is 12.4 Å². The fourth-order valence-corrected chi connectivity index (χ4v) is 11.2. The minimum Gasteiger partial charge on any atom is -0.309 e. The van der Waals surface area contributed by atoms with Gasteiger partial charge in [-0.2, -0.15) is 68.4 Å². The van der Waals surface area contributed by atoms with Crippen molar-refractivity contribution >= 4 is 43.6 Å². The van der Waals surface area contributed by atoms with E-state index < -0.39 is 23.5 Å². The molecule has 0 spiro atoms. The van der Waals surface area contributed by atoms with Crippen molar-refractivity contribution < 1.29 is 26.3 Å². The molecule has 0 fully saturated rings. The van der Waals surface area contributed by atoms with Crippen LogP contribution in [0.3, 0.4) is 0 Å². The van der Waals surface area contributed by atoms with E-state index in [0.29, 0.717) is 66.1 Å². The number of fused-ring (bicyclic) bond motifs is 6. The number of alkyl halides is 6. The zero-order valence-electron chi connectivity index (χ0n) is 44.1. The van der Waals surface area contributed by atoms with Crippen LogP contribution in [0.15, 0.2) is 182 Å². The van der Waals surface area contributed by atoms with Crippen molar-refractivity contribution in [2.24, 2.45) is 0 Å². The molecule has 0 N–H and O–H groups in total. The molecule has 402 valence electrons. The predicted molar refractivity (Wildman–Crippen MR) is 310 cm³/mol. The van der Waals surface area contributed by atoms with Crippen LogP contribution in [0.25, 0.3) is 111 Å².